The van der Waals surface area contributed by atoms with E-state index in [0.29, 0.717) is 10.9 Å². The van der Waals surface area contributed by atoms with Crippen LogP contribution in [0.5, 0.6) is 0 Å². The quantitative estimate of drug-likeness (QED) is 0.441. The Kier molecular flexibility index (Phi) is 6.12. The Hall–Kier alpha value is -2.83. The van der Waals surface area contributed by atoms with Gasteiger partial charge in [0.25, 0.3) is 0 Å². The van der Waals surface area contributed by atoms with Crippen LogP contribution in [0.4, 0.5) is 17.1 Å². The predicted molar refractivity (Wildman–Crippen MR) is 126 cm³/mol. The van der Waals surface area contributed by atoms with Crippen molar-refractivity contribution >= 4 is 52.1 Å². The van der Waals surface area contributed by atoms with Crippen molar-refractivity contribution in [2.75, 3.05) is 27.8 Å². The average Bonchev–Trinajstić information content (AvgIpc) is 3.17. The summed E-state index contributed by atoms with van der Waals surface area (Å²) in [6.45, 7) is 0.764. The van der Waals surface area contributed by atoms with Crippen LogP contribution >= 0.6 is 24.0 Å². The second-order valence-corrected chi connectivity index (χ2v) is 8.14. The highest BCUT2D eigenvalue weighted by Gasteiger charge is 2.23. The fourth-order valence-electron chi connectivity index (χ4n) is 3.30. The van der Waals surface area contributed by atoms with Crippen molar-refractivity contribution in [3.8, 4) is 0 Å². The van der Waals surface area contributed by atoms with E-state index in [0.717, 1.165) is 34.9 Å². The monoisotopic (exact) mass is 419 g/mol. The summed E-state index contributed by atoms with van der Waals surface area (Å²) in [6.07, 6.45) is 0.928. The summed E-state index contributed by atoms with van der Waals surface area (Å²) >= 11 is 6.93. The Morgan fingerprint density at radius 3 is 2.52 bits per heavy atom. The number of para-hydroxylation sites is 2. The molecule has 1 aliphatic heterocycles. The van der Waals surface area contributed by atoms with Crippen LogP contribution in [-0.2, 0) is 11.2 Å². The van der Waals surface area contributed by atoms with E-state index in [4.69, 9.17) is 12.2 Å². The molecule has 1 amide bonds. The van der Waals surface area contributed by atoms with Crippen molar-refractivity contribution in [2.24, 2.45) is 0 Å². The summed E-state index contributed by atoms with van der Waals surface area (Å²) in [7, 11) is 0. The molecule has 146 valence electrons. The summed E-state index contributed by atoms with van der Waals surface area (Å²) in [5, 5.41) is 6.89. The third-order valence-corrected chi connectivity index (χ3v) is 5.86. The lowest BCUT2D eigenvalue weighted by atomic mass is 10.2. The third-order valence-electron chi connectivity index (χ3n) is 4.67. The summed E-state index contributed by atoms with van der Waals surface area (Å²) in [6, 6.07) is 25.9. The molecule has 0 unspecified atom stereocenters. The maximum atomic E-state index is 12.7. The summed E-state index contributed by atoms with van der Waals surface area (Å²) in [5.41, 5.74) is 4.12. The van der Waals surface area contributed by atoms with Gasteiger partial charge >= 0.3 is 0 Å². The lowest BCUT2D eigenvalue weighted by Crippen LogP contribution is -2.30. The average molecular weight is 420 g/mol. The van der Waals surface area contributed by atoms with Crippen molar-refractivity contribution in [2.45, 2.75) is 11.3 Å². The molecule has 0 aromatic heterocycles. The van der Waals surface area contributed by atoms with Gasteiger partial charge < -0.3 is 15.5 Å². The first-order chi connectivity index (χ1) is 14.2. The molecule has 0 saturated carbocycles. The van der Waals surface area contributed by atoms with Gasteiger partial charge in [-0.3, -0.25) is 4.79 Å². The van der Waals surface area contributed by atoms with E-state index >= 15 is 0 Å². The van der Waals surface area contributed by atoms with Crippen LogP contribution in [0, 0.1) is 0 Å². The number of nitrogens with zero attached hydrogens (tertiary/aromatic N) is 1. The maximum absolute atomic E-state index is 12.7. The van der Waals surface area contributed by atoms with E-state index in [1.807, 2.05) is 77.7 Å². The number of hydrogen-bond donors (Lipinski definition) is 2. The van der Waals surface area contributed by atoms with Gasteiger partial charge in [0.05, 0.1) is 5.75 Å². The molecule has 0 bridgehead atoms. The number of hydrogen-bond acceptors (Lipinski definition) is 3. The van der Waals surface area contributed by atoms with Crippen LogP contribution < -0.4 is 15.5 Å². The molecule has 0 radical (unpaired) electrons. The second-order valence-electron chi connectivity index (χ2n) is 6.69. The largest absolute Gasteiger partial charge is 0.332 e. The molecule has 4 nitrogen and oxygen atoms in total. The van der Waals surface area contributed by atoms with Crippen molar-refractivity contribution in [3.05, 3.63) is 84.4 Å². The number of fused-ring (bicyclic) bond motifs is 1. The van der Waals surface area contributed by atoms with Gasteiger partial charge in [0.1, 0.15) is 0 Å². The van der Waals surface area contributed by atoms with Gasteiger partial charge in [-0.25, -0.2) is 0 Å². The van der Waals surface area contributed by atoms with Crippen molar-refractivity contribution < 1.29 is 4.79 Å². The van der Waals surface area contributed by atoms with Crippen LogP contribution in [0.3, 0.4) is 0 Å². The molecule has 0 aliphatic carbocycles. The zero-order valence-electron chi connectivity index (χ0n) is 15.8. The number of thiocarbonyl (C=S) groups is 1. The van der Waals surface area contributed by atoms with Crippen molar-refractivity contribution in [3.63, 3.8) is 0 Å². The van der Waals surface area contributed by atoms with E-state index in [1.54, 1.807) is 11.8 Å². The lowest BCUT2D eigenvalue weighted by molar-refractivity contribution is -0.116. The van der Waals surface area contributed by atoms with Crippen molar-refractivity contribution in [1.82, 2.24) is 0 Å². The summed E-state index contributed by atoms with van der Waals surface area (Å²) < 4.78 is 0. The minimum atomic E-state index is 0.138. The molecule has 1 aliphatic rings. The first kappa shape index (κ1) is 19.5. The van der Waals surface area contributed by atoms with E-state index in [2.05, 4.69) is 16.7 Å². The van der Waals surface area contributed by atoms with Gasteiger partial charge in [-0.05, 0) is 60.6 Å². The lowest BCUT2D eigenvalue weighted by Gasteiger charge is -2.17. The first-order valence-corrected chi connectivity index (χ1v) is 10.8. The molecule has 0 saturated heterocycles. The molecule has 2 N–H and O–H groups in total. The van der Waals surface area contributed by atoms with E-state index in [-0.39, 0.29) is 5.91 Å². The minimum absolute atomic E-state index is 0.138. The SMILES string of the molecule is O=C(CSc1cccc(NC(=S)Nc2ccccc2)c1)N1CCc2ccccc21. The van der Waals surface area contributed by atoms with Gasteiger partial charge in [0, 0.05) is 28.5 Å². The van der Waals surface area contributed by atoms with Crippen LogP contribution in [-0.4, -0.2) is 23.3 Å². The highest BCUT2D eigenvalue weighted by molar-refractivity contribution is 8.00. The van der Waals surface area contributed by atoms with Gasteiger partial charge in [0.2, 0.25) is 5.91 Å². The zero-order valence-corrected chi connectivity index (χ0v) is 17.4. The number of carbonyl (C=O) groups excluding carboxylic acids is 1. The molecular formula is C23H21N3OS2. The molecule has 0 spiro atoms. The maximum Gasteiger partial charge on any atom is 0.237 e. The molecule has 3 aromatic carbocycles. The summed E-state index contributed by atoms with van der Waals surface area (Å²) in [4.78, 5) is 15.6. The third kappa shape index (κ3) is 4.96. The normalized spacial score (nSPS) is 12.3. The second kappa shape index (κ2) is 9.11. The highest BCUT2D eigenvalue weighted by atomic mass is 32.2. The zero-order chi connectivity index (χ0) is 20.1. The fraction of sp³-hybridized carbons (Fsp3) is 0.130. The molecule has 29 heavy (non-hydrogen) atoms. The molecule has 4 rings (SSSR count). The molecule has 3 aromatic rings. The smallest absolute Gasteiger partial charge is 0.237 e. The van der Waals surface area contributed by atoms with Crippen molar-refractivity contribution in [1.29, 1.82) is 0 Å². The molecule has 6 heteroatoms. The number of thioether (sulfide) groups is 1. The number of anilines is 3. The van der Waals surface area contributed by atoms with Gasteiger partial charge in [-0.2, -0.15) is 0 Å². The Morgan fingerprint density at radius 1 is 0.931 bits per heavy atom. The Bertz CT molecular complexity index is 1020. The Morgan fingerprint density at radius 2 is 1.66 bits per heavy atom. The minimum Gasteiger partial charge on any atom is -0.332 e. The van der Waals surface area contributed by atoms with E-state index in [1.165, 1.54) is 5.56 Å². The molecule has 0 fully saturated rings. The molecular weight excluding hydrogens is 398 g/mol. The van der Waals surface area contributed by atoms with Crippen LogP contribution in [0.25, 0.3) is 0 Å². The van der Waals surface area contributed by atoms with E-state index < -0.39 is 0 Å². The van der Waals surface area contributed by atoms with Gasteiger partial charge in [-0.1, -0.05) is 42.5 Å². The van der Waals surface area contributed by atoms with Crippen LogP contribution in [0.1, 0.15) is 5.56 Å². The van der Waals surface area contributed by atoms with Gasteiger partial charge in [0.15, 0.2) is 5.11 Å². The van der Waals surface area contributed by atoms with Crippen LogP contribution in [0.15, 0.2) is 83.8 Å². The highest BCUT2D eigenvalue weighted by Crippen LogP contribution is 2.29. The summed E-state index contributed by atoms with van der Waals surface area (Å²) in [5.74, 6) is 0.546. The topological polar surface area (TPSA) is 44.4 Å². The number of carbonyl (C=O) groups is 1. The number of amides is 1. The van der Waals surface area contributed by atoms with Crippen LogP contribution in [0.2, 0.25) is 0 Å². The standard InChI is InChI=1S/C23H21N3OS2/c27-22(26-14-13-17-7-4-5-12-21(17)26)16-29-20-11-6-10-19(15-20)25-23(28)24-18-8-2-1-3-9-18/h1-12,15H,13-14,16H2,(H2,24,25,28). The van der Waals surface area contributed by atoms with E-state index in [9.17, 15) is 4.79 Å². The molecule has 1 heterocycles. The molecule has 0 atom stereocenters. The van der Waals surface area contributed by atoms with Gasteiger partial charge in [-0.15, -0.1) is 11.8 Å². The number of rotatable bonds is 5. The first-order valence-electron chi connectivity index (χ1n) is 9.43. The predicted octanol–water partition coefficient (Wildman–Crippen LogP) is 5.18. The number of benzene rings is 3. The fourth-order valence-corrected chi connectivity index (χ4v) is 4.37. The number of nitrogens with one attached hydrogen (secondary N) is 2. The Labute approximate surface area is 180 Å². The Balaban J connectivity index is 1.33.